The Bertz CT molecular complexity index is 520. The number of para-hydroxylation sites is 1. The number of aryl methyl sites for hydroxylation is 1. The van der Waals surface area contributed by atoms with Crippen LogP contribution in [0.2, 0.25) is 0 Å². The molecule has 1 aromatic heterocycles. The number of aromatic nitrogens is 2. The van der Waals surface area contributed by atoms with Gasteiger partial charge in [-0.25, -0.2) is 9.48 Å². The maximum Gasteiger partial charge on any atom is 0.341 e. The van der Waals surface area contributed by atoms with E-state index in [0.29, 0.717) is 5.88 Å². The van der Waals surface area contributed by atoms with Crippen LogP contribution < -0.4 is 4.74 Å². The topological polar surface area (TPSA) is 64.3 Å². The number of carboxylic acid groups (broad SMARTS) is 1. The van der Waals surface area contributed by atoms with Gasteiger partial charge in [-0.15, -0.1) is 0 Å². The zero-order chi connectivity index (χ0) is 12.3. The van der Waals surface area contributed by atoms with Gasteiger partial charge in [-0.2, -0.15) is 5.10 Å². The quantitative estimate of drug-likeness (QED) is 0.870. The van der Waals surface area contributed by atoms with E-state index >= 15 is 0 Å². The van der Waals surface area contributed by atoms with Crippen LogP contribution in [0.4, 0.5) is 0 Å². The minimum Gasteiger partial charge on any atom is -0.479 e. The first-order chi connectivity index (χ1) is 8.16. The van der Waals surface area contributed by atoms with Gasteiger partial charge in [-0.05, 0) is 19.1 Å². The van der Waals surface area contributed by atoms with E-state index in [1.54, 1.807) is 10.7 Å². The molecule has 88 valence electrons. The van der Waals surface area contributed by atoms with Crippen molar-refractivity contribution in [1.29, 1.82) is 0 Å². The number of rotatable bonds is 4. The summed E-state index contributed by atoms with van der Waals surface area (Å²) in [5, 5.41) is 12.8. The van der Waals surface area contributed by atoms with Gasteiger partial charge in [0.05, 0.1) is 11.4 Å². The summed E-state index contributed by atoms with van der Waals surface area (Å²) in [5.74, 6) is -0.584. The minimum atomic E-state index is -1.01. The summed E-state index contributed by atoms with van der Waals surface area (Å²) < 4.78 is 6.76. The maximum absolute atomic E-state index is 10.5. The lowest BCUT2D eigenvalue weighted by Gasteiger charge is -2.06. The van der Waals surface area contributed by atoms with E-state index in [-0.39, 0.29) is 6.61 Å². The van der Waals surface area contributed by atoms with Crippen LogP contribution in [-0.2, 0) is 4.79 Å². The van der Waals surface area contributed by atoms with E-state index in [1.165, 1.54) is 0 Å². The maximum atomic E-state index is 10.5. The summed E-state index contributed by atoms with van der Waals surface area (Å²) in [6.45, 7) is 1.45. The second kappa shape index (κ2) is 4.69. The van der Waals surface area contributed by atoms with Crippen molar-refractivity contribution in [2.24, 2.45) is 0 Å². The van der Waals surface area contributed by atoms with E-state index in [0.717, 1.165) is 11.4 Å². The average molecular weight is 232 g/mol. The third kappa shape index (κ3) is 2.63. The fraction of sp³-hybridized carbons (Fsp3) is 0.167. The van der Waals surface area contributed by atoms with Crippen LogP contribution >= 0.6 is 0 Å². The van der Waals surface area contributed by atoms with Crippen LogP contribution in [0, 0.1) is 6.92 Å². The molecule has 2 aromatic rings. The highest BCUT2D eigenvalue weighted by Gasteiger charge is 2.09. The van der Waals surface area contributed by atoms with Crippen molar-refractivity contribution in [2.75, 3.05) is 6.61 Å². The molecule has 0 saturated heterocycles. The molecule has 5 heteroatoms. The summed E-state index contributed by atoms with van der Waals surface area (Å²) in [6, 6.07) is 11.1. The predicted molar refractivity (Wildman–Crippen MR) is 61.4 cm³/mol. The third-order valence-corrected chi connectivity index (χ3v) is 2.14. The molecule has 0 bridgehead atoms. The van der Waals surface area contributed by atoms with Gasteiger partial charge < -0.3 is 9.84 Å². The normalized spacial score (nSPS) is 10.2. The highest BCUT2D eigenvalue weighted by Crippen LogP contribution is 2.18. The fourth-order valence-electron chi connectivity index (χ4n) is 1.47. The van der Waals surface area contributed by atoms with Crippen LogP contribution in [-0.4, -0.2) is 27.5 Å². The Morgan fingerprint density at radius 3 is 2.76 bits per heavy atom. The zero-order valence-electron chi connectivity index (χ0n) is 9.33. The summed E-state index contributed by atoms with van der Waals surface area (Å²) in [4.78, 5) is 10.5. The van der Waals surface area contributed by atoms with Crippen molar-refractivity contribution in [2.45, 2.75) is 6.92 Å². The average Bonchev–Trinajstić information content (AvgIpc) is 2.69. The molecule has 17 heavy (non-hydrogen) atoms. The number of carbonyl (C=O) groups is 1. The number of benzene rings is 1. The molecule has 0 atom stereocenters. The summed E-state index contributed by atoms with van der Waals surface area (Å²) >= 11 is 0. The first kappa shape index (κ1) is 11.2. The number of ether oxygens (including phenoxy) is 1. The van der Waals surface area contributed by atoms with Gasteiger partial charge in [0.25, 0.3) is 0 Å². The summed E-state index contributed by atoms with van der Waals surface area (Å²) in [6.07, 6.45) is 0. The number of hydrogen-bond donors (Lipinski definition) is 1. The predicted octanol–water partition coefficient (Wildman–Crippen LogP) is 1.64. The molecule has 0 aliphatic carbocycles. The lowest BCUT2D eigenvalue weighted by Crippen LogP contribution is -2.12. The summed E-state index contributed by atoms with van der Waals surface area (Å²) in [7, 11) is 0. The molecule has 0 fully saturated rings. The minimum absolute atomic E-state index is 0.377. The molecule has 0 saturated carbocycles. The Morgan fingerprint density at radius 2 is 2.12 bits per heavy atom. The molecule has 0 aliphatic rings. The van der Waals surface area contributed by atoms with E-state index in [2.05, 4.69) is 5.10 Å². The van der Waals surface area contributed by atoms with Gasteiger partial charge in [0.1, 0.15) is 0 Å². The van der Waals surface area contributed by atoms with Gasteiger partial charge in [0.15, 0.2) is 6.61 Å². The van der Waals surface area contributed by atoms with Crippen LogP contribution in [0.15, 0.2) is 36.4 Å². The second-order valence-electron chi connectivity index (χ2n) is 3.55. The number of carboxylic acids is 1. The molecular formula is C12H12N2O3. The smallest absolute Gasteiger partial charge is 0.341 e. The molecule has 5 nitrogen and oxygen atoms in total. The number of hydrogen-bond acceptors (Lipinski definition) is 3. The van der Waals surface area contributed by atoms with Crippen LogP contribution in [0.5, 0.6) is 5.88 Å². The largest absolute Gasteiger partial charge is 0.479 e. The third-order valence-electron chi connectivity index (χ3n) is 2.14. The summed E-state index contributed by atoms with van der Waals surface area (Å²) in [5.41, 5.74) is 1.61. The lowest BCUT2D eigenvalue weighted by molar-refractivity contribution is -0.139. The Labute approximate surface area is 98.3 Å². The second-order valence-corrected chi connectivity index (χ2v) is 3.55. The van der Waals surface area contributed by atoms with Gasteiger partial charge in [0.2, 0.25) is 5.88 Å². The molecule has 0 spiro atoms. The van der Waals surface area contributed by atoms with E-state index in [4.69, 9.17) is 9.84 Å². The van der Waals surface area contributed by atoms with Crippen molar-refractivity contribution in [3.8, 4) is 11.6 Å². The van der Waals surface area contributed by atoms with E-state index in [1.807, 2.05) is 37.3 Å². The van der Waals surface area contributed by atoms with Crippen molar-refractivity contribution < 1.29 is 14.6 Å². The molecule has 0 radical (unpaired) electrons. The van der Waals surface area contributed by atoms with E-state index in [9.17, 15) is 4.79 Å². The first-order valence-electron chi connectivity index (χ1n) is 5.13. The van der Waals surface area contributed by atoms with Crippen molar-refractivity contribution in [3.05, 3.63) is 42.1 Å². The molecule has 1 heterocycles. The SMILES string of the molecule is Cc1cc(OCC(=O)O)n(-c2ccccc2)n1. The Hall–Kier alpha value is -2.30. The van der Waals surface area contributed by atoms with Crippen LogP contribution in [0.1, 0.15) is 5.69 Å². The zero-order valence-corrected chi connectivity index (χ0v) is 9.33. The Balaban J connectivity index is 2.31. The molecule has 0 aliphatic heterocycles. The van der Waals surface area contributed by atoms with E-state index < -0.39 is 5.97 Å². The van der Waals surface area contributed by atoms with Gasteiger partial charge in [-0.1, -0.05) is 18.2 Å². The highest BCUT2D eigenvalue weighted by atomic mass is 16.5. The monoisotopic (exact) mass is 232 g/mol. The molecule has 0 unspecified atom stereocenters. The Kier molecular flexibility index (Phi) is 3.09. The lowest BCUT2D eigenvalue weighted by atomic mass is 10.3. The molecular weight excluding hydrogens is 220 g/mol. The van der Waals surface area contributed by atoms with Gasteiger partial charge in [0, 0.05) is 6.07 Å². The fourth-order valence-corrected chi connectivity index (χ4v) is 1.47. The Morgan fingerprint density at radius 1 is 1.41 bits per heavy atom. The standard InChI is InChI=1S/C12H12N2O3/c1-9-7-11(17-8-12(15)16)14(13-9)10-5-3-2-4-6-10/h2-7H,8H2,1H3,(H,15,16). The molecule has 1 aromatic carbocycles. The molecule has 2 rings (SSSR count). The van der Waals surface area contributed by atoms with Crippen molar-refractivity contribution >= 4 is 5.97 Å². The van der Waals surface area contributed by atoms with Crippen LogP contribution in [0.25, 0.3) is 5.69 Å². The first-order valence-corrected chi connectivity index (χ1v) is 5.13. The highest BCUT2D eigenvalue weighted by molar-refractivity contribution is 5.68. The van der Waals surface area contributed by atoms with Crippen molar-refractivity contribution in [1.82, 2.24) is 9.78 Å². The van der Waals surface area contributed by atoms with Gasteiger partial charge >= 0.3 is 5.97 Å². The molecule has 1 N–H and O–H groups in total. The van der Waals surface area contributed by atoms with Crippen LogP contribution in [0.3, 0.4) is 0 Å². The number of aliphatic carboxylic acids is 1. The van der Waals surface area contributed by atoms with Crippen molar-refractivity contribution in [3.63, 3.8) is 0 Å². The number of nitrogens with zero attached hydrogens (tertiary/aromatic N) is 2. The molecule has 0 amide bonds. The van der Waals surface area contributed by atoms with Gasteiger partial charge in [-0.3, -0.25) is 0 Å².